The predicted octanol–water partition coefficient (Wildman–Crippen LogP) is 2.96. The lowest BCUT2D eigenvalue weighted by Crippen LogP contribution is -2.16. The van der Waals surface area contributed by atoms with E-state index in [0.29, 0.717) is 0 Å². The Morgan fingerprint density at radius 2 is 1.78 bits per heavy atom. The van der Waals surface area contributed by atoms with Gasteiger partial charge in [0.2, 0.25) is 0 Å². The zero-order valence-corrected chi connectivity index (χ0v) is 7.23. The van der Waals surface area contributed by atoms with Crippen LogP contribution in [-0.2, 0) is 0 Å². The monoisotopic (exact) mass is 188 g/mol. The summed E-state index contributed by atoms with van der Waals surface area (Å²) in [5, 5.41) is 0. The lowest BCUT2D eigenvalue weighted by molar-refractivity contribution is 0.373. The first-order valence-corrected chi connectivity index (χ1v) is 4.92. The van der Waals surface area contributed by atoms with Crippen molar-refractivity contribution in [3.63, 3.8) is 0 Å². The Labute approximate surface area is 65.1 Å². The van der Waals surface area contributed by atoms with Crippen LogP contribution in [0, 0.1) is 11.8 Å². The van der Waals surface area contributed by atoms with Gasteiger partial charge in [0.05, 0.1) is 0 Å². The molecule has 0 aromatic heterocycles. The standard InChI is InChI=1S/C8H13Br/c9-8-4-2-6-1-3-7(8)5-6/h6-8H,1-5H2. The predicted molar refractivity (Wildman–Crippen MR) is 42.8 cm³/mol. The molecule has 2 aliphatic carbocycles. The highest BCUT2D eigenvalue weighted by Crippen LogP contribution is 2.44. The third kappa shape index (κ3) is 1.04. The Morgan fingerprint density at radius 3 is 2.56 bits per heavy atom. The van der Waals surface area contributed by atoms with Gasteiger partial charge in [-0.1, -0.05) is 22.4 Å². The summed E-state index contributed by atoms with van der Waals surface area (Å²) < 4.78 is 0. The fourth-order valence-electron chi connectivity index (χ4n) is 2.33. The van der Waals surface area contributed by atoms with Gasteiger partial charge in [-0.25, -0.2) is 0 Å². The van der Waals surface area contributed by atoms with E-state index >= 15 is 0 Å². The first-order chi connectivity index (χ1) is 4.36. The summed E-state index contributed by atoms with van der Waals surface area (Å²) in [7, 11) is 0. The van der Waals surface area contributed by atoms with Crippen molar-refractivity contribution < 1.29 is 0 Å². The minimum absolute atomic E-state index is 0.872. The molecule has 2 saturated carbocycles. The molecular formula is C8H13Br. The van der Waals surface area contributed by atoms with E-state index < -0.39 is 0 Å². The molecule has 2 bridgehead atoms. The zero-order chi connectivity index (χ0) is 6.27. The summed E-state index contributed by atoms with van der Waals surface area (Å²) >= 11 is 3.74. The van der Waals surface area contributed by atoms with Gasteiger partial charge in [-0.05, 0) is 37.5 Å². The van der Waals surface area contributed by atoms with Gasteiger partial charge < -0.3 is 0 Å². The van der Waals surface area contributed by atoms with Gasteiger partial charge in [0, 0.05) is 4.83 Å². The third-order valence-corrected chi connectivity index (χ3v) is 4.15. The Kier molecular flexibility index (Phi) is 1.56. The van der Waals surface area contributed by atoms with Gasteiger partial charge in [0.25, 0.3) is 0 Å². The van der Waals surface area contributed by atoms with E-state index in [1.165, 1.54) is 32.1 Å². The Morgan fingerprint density at radius 1 is 1.00 bits per heavy atom. The van der Waals surface area contributed by atoms with Gasteiger partial charge in [-0.2, -0.15) is 0 Å². The molecule has 2 aliphatic rings. The zero-order valence-electron chi connectivity index (χ0n) is 5.65. The van der Waals surface area contributed by atoms with Crippen LogP contribution in [0.3, 0.4) is 0 Å². The topological polar surface area (TPSA) is 0 Å². The van der Waals surface area contributed by atoms with E-state index in [0.717, 1.165) is 16.7 Å². The maximum Gasteiger partial charge on any atom is 0.0174 e. The molecule has 3 atom stereocenters. The molecule has 0 radical (unpaired) electrons. The maximum absolute atomic E-state index is 3.74. The first-order valence-electron chi connectivity index (χ1n) is 4.00. The van der Waals surface area contributed by atoms with E-state index in [-0.39, 0.29) is 0 Å². The van der Waals surface area contributed by atoms with Gasteiger partial charge in [-0.15, -0.1) is 0 Å². The van der Waals surface area contributed by atoms with E-state index in [4.69, 9.17) is 0 Å². The van der Waals surface area contributed by atoms with Crippen molar-refractivity contribution in [3.8, 4) is 0 Å². The van der Waals surface area contributed by atoms with Crippen molar-refractivity contribution in [2.24, 2.45) is 11.8 Å². The molecule has 0 spiro atoms. The van der Waals surface area contributed by atoms with E-state index in [9.17, 15) is 0 Å². The summed E-state index contributed by atoms with van der Waals surface area (Å²) in [6.45, 7) is 0. The van der Waals surface area contributed by atoms with Crippen LogP contribution in [0.25, 0.3) is 0 Å². The average Bonchev–Trinajstić information content (AvgIpc) is 2.25. The fourth-order valence-corrected chi connectivity index (χ4v) is 3.08. The minimum atomic E-state index is 0.872. The van der Waals surface area contributed by atoms with Crippen molar-refractivity contribution in [3.05, 3.63) is 0 Å². The van der Waals surface area contributed by atoms with Crippen LogP contribution in [0.15, 0.2) is 0 Å². The van der Waals surface area contributed by atoms with Crippen molar-refractivity contribution >= 4 is 15.9 Å². The molecule has 2 fully saturated rings. The second kappa shape index (κ2) is 2.26. The Balaban J connectivity index is 2.05. The highest BCUT2D eigenvalue weighted by molar-refractivity contribution is 9.09. The van der Waals surface area contributed by atoms with Gasteiger partial charge in [0.1, 0.15) is 0 Å². The molecule has 3 unspecified atom stereocenters. The van der Waals surface area contributed by atoms with Crippen LogP contribution in [-0.4, -0.2) is 4.83 Å². The molecule has 2 rings (SSSR count). The van der Waals surface area contributed by atoms with Crippen LogP contribution in [0.2, 0.25) is 0 Å². The van der Waals surface area contributed by atoms with Crippen LogP contribution in [0.4, 0.5) is 0 Å². The lowest BCUT2D eigenvalue weighted by Gasteiger charge is -2.23. The molecule has 0 nitrogen and oxygen atoms in total. The Hall–Kier alpha value is 0.480. The van der Waals surface area contributed by atoms with Gasteiger partial charge in [0.15, 0.2) is 0 Å². The fraction of sp³-hybridized carbons (Fsp3) is 1.00. The van der Waals surface area contributed by atoms with Crippen LogP contribution in [0.5, 0.6) is 0 Å². The van der Waals surface area contributed by atoms with Crippen molar-refractivity contribution in [1.82, 2.24) is 0 Å². The van der Waals surface area contributed by atoms with E-state index in [1.54, 1.807) is 0 Å². The number of alkyl halides is 1. The lowest BCUT2D eigenvalue weighted by atomic mass is 9.89. The largest absolute Gasteiger partial charge is 0.0888 e. The SMILES string of the molecule is BrC1CCC2CCC1C2. The molecule has 0 heterocycles. The summed E-state index contributed by atoms with van der Waals surface area (Å²) in [6, 6.07) is 0. The molecule has 0 aliphatic heterocycles. The second-order valence-electron chi connectivity index (χ2n) is 3.53. The highest BCUT2D eigenvalue weighted by atomic mass is 79.9. The molecule has 0 amide bonds. The molecule has 0 saturated heterocycles. The molecule has 0 aromatic carbocycles. The molecule has 0 N–H and O–H groups in total. The third-order valence-electron chi connectivity index (χ3n) is 2.94. The maximum atomic E-state index is 3.74. The number of halogens is 1. The van der Waals surface area contributed by atoms with E-state index in [2.05, 4.69) is 15.9 Å². The smallest absolute Gasteiger partial charge is 0.0174 e. The van der Waals surface area contributed by atoms with E-state index in [1.807, 2.05) is 0 Å². The number of rotatable bonds is 0. The normalized spacial score (nSPS) is 49.7. The summed E-state index contributed by atoms with van der Waals surface area (Å²) in [5.41, 5.74) is 0. The van der Waals surface area contributed by atoms with Gasteiger partial charge >= 0.3 is 0 Å². The van der Waals surface area contributed by atoms with Crippen molar-refractivity contribution in [1.29, 1.82) is 0 Å². The number of hydrogen-bond acceptors (Lipinski definition) is 0. The first kappa shape index (κ1) is 6.21. The van der Waals surface area contributed by atoms with Crippen molar-refractivity contribution in [2.45, 2.75) is 36.9 Å². The van der Waals surface area contributed by atoms with Crippen LogP contribution >= 0.6 is 15.9 Å². The summed E-state index contributed by atoms with van der Waals surface area (Å²) in [4.78, 5) is 0.872. The molecular weight excluding hydrogens is 176 g/mol. The quantitative estimate of drug-likeness (QED) is 0.514. The second-order valence-corrected chi connectivity index (χ2v) is 4.71. The number of fused-ring (bicyclic) bond motifs is 2. The van der Waals surface area contributed by atoms with Gasteiger partial charge in [-0.3, -0.25) is 0 Å². The molecule has 9 heavy (non-hydrogen) atoms. The average molecular weight is 189 g/mol. The summed E-state index contributed by atoms with van der Waals surface area (Å²) in [6.07, 6.45) is 7.48. The Bertz CT molecular complexity index is 111. The molecule has 1 heteroatoms. The van der Waals surface area contributed by atoms with Crippen LogP contribution in [0.1, 0.15) is 32.1 Å². The highest BCUT2D eigenvalue weighted by Gasteiger charge is 2.33. The number of hydrogen-bond donors (Lipinski definition) is 0. The molecule has 52 valence electrons. The minimum Gasteiger partial charge on any atom is -0.0888 e. The van der Waals surface area contributed by atoms with Crippen molar-refractivity contribution in [2.75, 3.05) is 0 Å². The van der Waals surface area contributed by atoms with Crippen LogP contribution < -0.4 is 0 Å². The summed E-state index contributed by atoms with van der Waals surface area (Å²) in [5.74, 6) is 2.16. The molecule has 0 aromatic rings.